The van der Waals surface area contributed by atoms with Gasteiger partial charge in [-0.25, -0.2) is 4.98 Å². The van der Waals surface area contributed by atoms with E-state index in [4.69, 9.17) is 0 Å². The van der Waals surface area contributed by atoms with Crippen LogP contribution < -0.4 is 4.90 Å². The number of rotatable bonds is 5. The van der Waals surface area contributed by atoms with Gasteiger partial charge in [-0.15, -0.1) is 0 Å². The maximum Gasteiger partial charge on any atom is 0.166 e. The number of thioether (sulfide) groups is 1. The van der Waals surface area contributed by atoms with Crippen LogP contribution in [0, 0.1) is 11.3 Å². The minimum atomic E-state index is -0.284. The Morgan fingerprint density at radius 3 is 2.37 bits per heavy atom. The fraction of sp³-hybridized carbons (Fsp3) is 0.130. The van der Waals surface area contributed by atoms with Crippen LogP contribution in [0.3, 0.4) is 0 Å². The number of para-hydroxylation sites is 3. The molecule has 7 heteroatoms. The first kappa shape index (κ1) is 19.7. The van der Waals surface area contributed by atoms with Crippen LogP contribution in [0.4, 0.5) is 5.69 Å². The highest BCUT2D eigenvalue weighted by Gasteiger charge is 2.32. The summed E-state index contributed by atoms with van der Waals surface area (Å²) in [5.41, 5.74) is 2.59. The number of ketones is 2. The number of benzene rings is 2. The Labute approximate surface area is 178 Å². The summed E-state index contributed by atoms with van der Waals surface area (Å²) < 4.78 is 1.92. The Hall–Kier alpha value is -3.63. The molecule has 1 aromatic heterocycles. The summed E-state index contributed by atoms with van der Waals surface area (Å²) in [4.78, 5) is 31.2. The monoisotopic (exact) mass is 414 g/mol. The molecule has 3 aromatic rings. The third-order valence-corrected chi connectivity index (χ3v) is 5.68. The molecule has 0 bridgehead atoms. The zero-order valence-electron chi connectivity index (χ0n) is 16.5. The summed E-state index contributed by atoms with van der Waals surface area (Å²) in [6.45, 7) is 2.80. The molecule has 0 fully saturated rings. The van der Waals surface area contributed by atoms with E-state index in [9.17, 15) is 14.9 Å². The Bertz CT molecular complexity index is 1250. The lowest BCUT2D eigenvalue weighted by atomic mass is 10.1. The number of hydrogen-bond acceptors (Lipinski definition) is 6. The predicted molar refractivity (Wildman–Crippen MR) is 118 cm³/mol. The molecule has 1 aliphatic heterocycles. The third kappa shape index (κ3) is 3.31. The summed E-state index contributed by atoms with van der Waals surface area (Å²) in [5, 5.41) is 11.8. The van der Waals surface area contributed by atoms with Crippen LogP contribution in [0.2, 0.25) is 0 Å². The molecule has 1 aliphatic rings. The molecule has 2 aromatic carbocycles. The lowest BCUT2D eigenvalue weighted by molar-refractivity contribution is -0.119. The molecule has 0 atom stereocenters. The lowest BCUT2D eigenvalue weighted by Gasteiger charge is -2.26. The first-order valence-electron chi connectivity index (χ1n) is 9.34. The number of hydrogen-bond donors (Lipinski definition) is 0. The van der Waals surface area contributed by atoms with E-state index in [-0.39, 0.29) is 23.6 Å². The molecular formula is C23H18N4O2S. The molecule has 148 valence electrons. The van der Waals surface area contributed by atoms with Crippen molar-refractivity contribution in [3.05, 3.63) is 76.4 Å². The number of aromatic nitrogens is 2. The second-order valence-corrected chi connectivity index (χ2v) is 7.60. The van der Waals surface area contributed by atoms with E-state index in [0.717, 1.165) is 22.5 Å². The van der Waals surface area contributed by atoms with Gasteiger partial charge in [0.25, 0.3) is 0 Å². The van der Waals surface area contributed by atoms with E-state index in [1.165, 1.54) is 25.6 Å². The summed E-state index contributed by atoms with van der Waals surface area (Å²) in [6.07, 6.45) is 0.130. The van der Waals surface area contributed by atoms with Crippen LogP contribution >= 0.6 is 11.8 Å². The van der Waals surface area contributed by atoms with Crippen LogP contribution in [0.15, 0.2) is 70.6 Å². The number of fused-ring (bicyclic) bond motifs is 1. The highest BCUT2D eigenvalue weighted by atomic mass is 32.2. The van der Waals surface area contributed by atoms with Gasteiger partial charge in [0, 0.05) is 11.1 Å². The summed E-state index contributed by atoms with van der Waals surface area (Å²) in [6, 6.07) is 19.4. The highest BCUT2D eigenvalue weighted by molar-refractivity contribution is 8.06. The quantitative estimate of drug-likeness (QED) is 0.347. The number of nitrogens with zero attached hydrogens (tertiary/aromatic N) is 4. The van der Waals surface area contributed by atoms with Gasteiger partial charge in [-0.2, -0.15) is 5.26 Å². The molecule has 30 heavy (non-hydrogen) atoms. The van der Waals surface area contributed by atoms with Crippen LogP contribution in [-0.2, 0) is 16.0 Å². The Balaban J connectivity index is 1.99. The Morgan fingerprint density at radius 2 is 1.70 bits per heavy atom. The molecule has 2 heterocycles. The van der Waals surface area contributed by atoms with Crippen molar-refractivity contribution in [3.63, 3.8) is 0 Å². The van der Waals surface area contributed by atoms with Crippen molar-refractivity contribution < 1.29 is 9.59 Å². The first-order chi connectivity index (χ1) is 14.5. The SMILES string of the molecule is CC(=O)C(C(C)=O)=C1SC=C(n2c(CC#N)nc3ccccc32)N1c1ccccc1. The molecule has 0 spiro atoms. The lowest BCUT2D eigenvalue weighted by Crippen LogP contribution is -2.24. The van der Waals surface area contributed by atoms with Crippen molar-refractivity contribution in [2.24, 2.45) is 0 Å². The summed E-state index contributed by atoms with van der Waals surface area (Å²) >= 11 is 1.32. The Kier molecular flexibility index (Phi) is 5.25. The van der Waals surface area contributed by atoms with E-state index in [1.54, 1.807) is 0 Å². The van der Waals surface area contributed by atoms with Gasteiger partial charge in [0.05, 0.1) is 34.1 Å². The molecule has 6 nitrogen and oxygen atoms in total. The van der Waals surface area contributed by atoms with Crippen LogP contribution in [0.5, 0.6) is 0 Å². The maximum absolute atomic E-state index is 12.3. The average molecular weight is 414 g/mol. The van der Waals surface area contributed by atoms with E-state index < -0.39 is 0 Å². The summed E-state index contributed by atoms with van der Waals surface area (Å²) in [5.74, 6) is 0.752. The minimum Gasteiger partial charge on any atom is -0.294 e. The van der Waals surface area contributed by atoms with Gasteiger partial charge < -0.3 is 0 Å². The van der Waals surface area contributed by atoms with Gasteiger partial charge >= 0.3 is 0 Å². The van der Waals surface area contributed by atoms with Crippen molar-refractivity contribution >= 4 is 45.9 Å². The standard InChI is InChI=1S/C23H18N4O2S/c1-15(28)22(16(2)29)23-26(17-8-4-3-5-9-17)21(14-30-23)27-19-11-7-6-10-18(19)25-20(27)12-13-24/h3-11,14H,12H2,1-2H3. The summed E-state index contributed by atoms with van der Waals surface area (Å²) in [7, 11) is 0. The van der Waals surface area contributed by atoms with Gasteiger partial charge in [0.15, 0.2) is 11.6 Å². The van der Waals surface area contributed by atoms with Crippen molar-refractivity contribution in [1.82, 2.24) is 9.55 Å². The molecular weight excluding hydrogens is 396 g/mol. The predicted octanol–water partition coefficient (Wildman–Crippen LogP) is 4.50. The van der Waals surface area contributed by atoms with E-state index in [2.05, 4.69) is 11.1 Å². The normalized spacial score (nSPS) is 13.3. The maximum atomic E-state index is 12.3. The van der Waals surface area contributed by atoms with Crippen LogP contribution in [-0.4, -0.2) is 21.1 Å². The van der Waals surface area contributed by atoms with Gasteiger partial charge in [0.2, 0.25) is 0 Å². The van der Waals surface area contributed by atoms with E-state index >= 15 is 0 Å². The topological polar surface area (TPSA) is 79.0 Å². The average Bonchev–Trinajstić information content (AvgIpc) is 3.29. The second kappa shape index (κ2) is 8.01. The molecule has 0 amide bonds. The number of carbonyl (C=O) groups is 2. The molecule has 0 saturated heterocycles. The van der Waals surface area contributed by atoms with Gasteiger partial charge in [-0.3, -0.25) is 19.1 Å². The molecule has 0 radical (unpaired) electrons. The number of nitriles is 1. The minimum absolute atomic E-state index is 0.130. The van der Waals surface area contributed by atoms with Gasteiger partial charge in [-0.1, -0.05) is 42.1 Å². The fourth-order valence-electron chi connectivity index (χ4n) is 3.54. The highest BCUT2D eigenvalue weighted by Crippen LogP contribution is 2.44. The van der Waals surface area contributed by atoms with Crippen LogP contribution in [0.1, 0.15) is 19.7 Å². The molecule has 4 rings (SSSR count). The zero-order chi connectivity index (χ0) is 21.3. The number of Topliss-reactive ketones (excluding diaryl/α,β-unsaturated/α-hetero) is 2. The van der Waals surface area contributed by atoms with Crippen molar-refractivity contribution in [2.45, 2.75) is 20.3 Å². The second-order valence-electron chi connectivity index (χ2n) is 6.74. The largest absolute Gasteiger partial charge is 0.294 e. The van der Waals surface area contributed by atoms with Gasteiger partial charge in [0.1, 0.15) is 11.6 Å². The Morgan fingerprint density at radius 1 is 1.03 bits per heavy atom. The van der Waals surface area contributed by atoms with Crippen molar-refractivity contribution in [1.29, 1.82) is 5.26 Å². The fourth-order valence-corrected chi connectivity index (χ4v) is 4.68. The molecule has 0 aliphatic carbocycles. The van der Waals surface area contributed by atoms with Crippen LogP contribution in [0.25, 0.3) is 16.9 Å². The number of allylic oxidation sites excluding steroid dienone is 1. The van der Waals surface area contributed by atoms with Crippen molar-refractivity contribution in [2.75, 3.05) is 4.90 Å². The molecule has 0 saturated carbocycles. The zero-order valence-corrected chi connectivity index (χ0v) is 17.3. The van der Waals surface area contributed by atoms with Crippen molar-refractivity contribution in [3.8, 4) is 6.07 Å². The smallest absolute Gasteiger partial charge is 0.166 e. The number of carbonyl (C=O) groups excluding carboxylic acids is 2. The van der Waals surface area contributed by atoms with Gasteiger partial charge in [-0.05, 0) is 38.1 Å². The third-order valence-electron chi connectivity index (χ3n) is 4.74. The number of imidazole rings is 1. The molecule has 0 N–H and O–H groups in total. The molecule has 0 unspecified atom stereocenters. The number of anilines is 1. The first-order valence-corrected chi connectivity index (χ1v) is 10.2. The van der Waals surface area contributed by atoms with E-state index in [1.807, 2.05) is 69.5 Å². The van der Waals surface area contributed by atoms with E-state index in [0.29, 0.717) is 10.9 Å².